The number of hydrogen-bond acceptors (Lipinski definition) is 1. The molecule has 60 valence electrons. The standard InChI is InChI=1S/C8H11BrN2/c9-8-4-5-10-11(8)6-7-2-1-3-7/h4-5,7H,1-3,6H2. The Hall–Kier alpha value is -0.310. The SMILES string of the molecule is Brc1ccnn1CC1CCC1. The minimum Gasteiger partial charge on any atom is -0.258 e. The van der Waals surface area contributed by atoms with Gasteiger partial charge in [-0.15, -0.1) is 0 Å². The second kappa shape index (κ2) is 2.97. The Morgan fingerprint density at radius 2 is 2.45 bits per heavy atom. The van der Waals surface area contributed by atoms with Crippen LogP contribution in [0.4, 0.5) is 0 Å². The summed E-state index contributed by atoms with van der Waals surface area (Å²) < 4.78 is 3.13. The lowest BCUT2D eigenvalue weighted by atomic mass is 9.85. The van der Waals surface area contributed by atoms with Crippen molar-refractivity contribution in [2.45, 2.75) is 25.8 Å². The van der Waals surface area contributed by atoms with Crippen molar-refractivity contribution in [2.24, 2.45) is 5.92 Å². The van der Waals surface area contributed by atoms with Crippen molar-refractivity contribution in [2.75, 3.05) is 0 Å². The zero-order valence-corrected chi connectivity index (χ0v) is 7.92. The van der Waals surface area contributed by atoms with E-state index in [1.165, 1.54) is 19.3 Å². The molecule has 1 aromatic heterocycles. The van der Waals surface area contributed by atoms with Gasteiger partial charge in [0.2, 0.25) is 0 Å². The molecule has 0 spiro atoms. The van der Waals surface area contributed by atoms with Gasteiger partial charge in [0.1, 0.15) is 4.60 Å². The molecule has 1 aliphatic carbocycles. The topological polar surface area (TPSA) is 17.8 Å². The van der Waals surface area contributed by atoms with E-state index in [0.29, 0.717) is 0 Å². The molecule has 3 heteroatoms. The second-order valence-corrected chi connectivity index (χ2v) is 3.95. The average molecular weight is 215 g/mol. The number of nitrogens with zero attached hydrogens (tertiary/aromatic N) is 2. The monoisotopic (exact) mass is 214 g/mol. The van der Waals surface area contributed by atoms with E-state index in [0.717, 1.165) is 17.1 Å². The summed E-state index contributed by atoms with van der Waals surface area (Å²) in [5.41, 5.74) is 0. The van der Waals surface area contributed by atoms with E-state index in [4.69, 9.17) is 0 Å². The Labute approximate surface area is 74.7 Å². The van der Waals surface area contributed by atoms with E-state index >= 15 is 0 Å². The van der Waals surface area contributed by atoms with Gasteiger partial charge in [-0.2, -0.15) is 5.10 Å². The van der Waals surface area contributed by atoms with Gasteiger partial charge in [0.15, 0.2) is 0 Å². The van der Waals surface area contributed by atoms with Crippen LogP contribution in [0.5, 0.6) is 0 Å². The van der Waals surface area contributed by atoms with Gasteiger partial charge < -0.3 is 0 Å². The Balaban J connectivity index is 1.99. The molecule has 0 radical (unpaired) electrons. The van der Waals surface area contributed by atoms with Crippen LogP contribution in [-0.2, 0) is 6.54 Å². The first-order chi connectivity index (χ1) is 5.36. The van der Waals surface area contributed by atoms with Crippen LogP contribution in [0.15, 0.2) is 16.9 Å². The second-order valence-electron chi connectivity index (χ2n) is 3.13. The molecule has 0 aliphatic heterocycles. The minimum absolute atomic E-state index is 0.881. The highest BCUT2D eigenvalue weighted by Crippen LogP contribution is 2.28. The maximum atomic E-state index is 4.21. The van der Waals surface area contributed by atoms with Gasteiger partial charge in [-0.05, 0) is 40.8 Å². The summed E-state index contributed by atoms with van der Waals surface area (Å²) in [5, 5.41) is 4.21. The molecule has 0 aromatic carbocycles. The number of halogens is 1. The van der Waals surface area contributed by atoms with Crippen molar-refractivity contribution < 1.29 is 0 Å². The molecule has 0 N–H and O–H groups in total. The first-order valence-corrected chi connectivity index (χ1v) is 4.83. The van der Waals surface area contributed by atoms with Crippen LogP contribution in [0.2, 0.25) is 0 Å². The molecule has 0 bridgehead atoms. The highest BCUT2D eigenvalue weighted by molar-refractivity contribution is 9.10. The molecular weight excluding hydrogens is 204 g/mol. The fourth-order valence-corrected chi connectivity index (χ4v) is 1.73. The largest absolute Gasteiger partial charge is 0.258 e. The third-order valence-corrected chi connectivity index (χ3v) is 2.99. The molecule has 1 heterocycles. The van der Waals surface area contributed by atoms with Gasteiger partial charge in [0, 0.05) is 6.54 Å². The van der Waals surface area contributed by atoms with Crippen LogP contribution in [0.1, 0.15) is 19.3 Å². The van der Waals surface area contributed by atoms with Crippen molar-refractivity contribution in [1.82, 2.24) is 9.78 Å². The Kier molecular flexibility index (Phi) is 1.98. The predicted molar refractivity (Wildman–Crippen MR) is 47.3 cm³/mol. The van der Waals surface area contributed by atoms with E-state index in [1.54, 1.807) is 0 Å². The summed E-state index contributed by atoms with van der Waals surface area (Å²) in [6.07, 6.45) is 6.00. The molecule has 2 rings (SSSR count). The van der Waals surface area contributed by atoms with Crippen molar-refractivity contribution >= 4 is 15.9 Å². The lowest BCUT2D eigenvalue weighted by Crippen LogP contribution is -2.18. The third-order valence-electron chi connectivity index (χ3n) is 2.32. The average Bonchev–Trinajstić information content (AvgIpc) is 2.27. The van der Waals surface area contributed by atoms with E-state index in [1.807, 2.05) is 16.9 Å². The summed E-state index contributed by atoms with van der Waals surface area (Å²) in [4.78, 5) is 0. The van der Waals surface area contributed by atoms with E-state index in [2.05, 4.69) is 21.0 Å². The number of hydrogen-bond donors (Lipinski definition) is 0. The van der Waals surface area contributed by atoms with Crippen LogP contribution in [0.25, 0.3) is 0 Å². The summed E-state index contributed by atoms with van der Waals surface area (Å²) >= 11 is 3.45. The van der Waals surface area contributed by atoms with Gasteiger partial charge in [-0.25, -0.2) is 0 Å². The van der Waals surface area contributed by atoms with Gasteiger partial charge >= 0.3 is 0 Å². The lowest BCUT2D eigenvalue weighted by Gasteiger charge is -2.25. The first-order valence-electron chi connectivity index (χ1n) is 4.03. The van der Waals surface area contributed by atoms with Crippen LogP contribution >= 0.6 is 15.9 Å². The van der Waals surface area contributed by atoms with Gasteiger partial charge in [0.25, 0.3) is 0 Å². The maximum absolute atomic E-state index is 4.21. The summed E-state index contributed by atoms with van der Waals surface area (Å²) in [7, 11) is 0. The van der Waals surface area contributed by atoms with Crippen LogP contribution in [0, 0.1) is 5.92 Å². The first kappa shape index (κ1) is 7.35. The molecular formula is C8H11BrN2. The number of aromatic nitrogens is 2. The van der Waals surface area contributed by atoms with Gasteiger partial charge in [-0.1, -0.05) is 6.42 Å². The highest BCUT2D eigenvalue weighted by Gasteiger charge is 2.18. The maximum Gasteiger partial charge on any atom is 0.104 e. The molecule has 0 amide bonds. The van der Waals surface area contributed by atoms with E-state index in [9.17, 15) is 0 Å². The highest BCUT2D eigenvalue weighted by atomic mass is 79.9. The Bertz CT molecular complexity index is 240. The minimum atomic E-state index is 0.881. The molecule has 0 saturated heterocycles. The lowest BCUT2D eigenvalue weighted by molar-refractivity contribution is 0.264. The van der Waals surface area contributed by atoms with Crippen molar-refractivity contribution in [3.05, 3.63) is 16.9 Å². The fourth-order valence-electron chi connectivity index (χ4n) is 1.37. The number of rotatable bonds is 2. The van der Waals surface area contributed by atoms with E-state index < -0.39 is 0 Å². The summed E-state index contributed by atoms with van der Waals surface area (Å²) in [6.45, 7) is 1.09. The molecule has 1 fully saturated rings. The molecule has 2 nitrogen and oxygen atoms in total. The summed E-state index contributed by atoms with van der Waals surface area (Å²) in [6, 6.07) is 1.98. The van der Waals surface area contributed by atoms with Crippen LogP contribution < -0.4 is 0 Å². The fraction of sp³-hybridized carbons (Fsp3) is 0.625. The quantitative estimate of drug-likeness (QED) is 0.740. The van der Waals surface area contributed by atoms with Crippen molar-refractivity contribution in [3.8, 4) is 0 Å². The third kappa shape index (κ3) is 1.48. The molecule has 1 aromatic rings. The Morgan fingerprint density at radius 3 is 2.91 bits per heavy atom. The predicted octanol–water partition coefficient (Wildman–Crippen LogP) is 2.45. The molecule has 0 atom stereocenters. The molecule has 0 unspecified atom stereocenters. The zero-order chi connectivity index (χ0) is 7.68. The van der Waals surface area contributed by atoms with Crippen molar-refractivity contribution in [1.29, 1.82) is 0 Å². The molecule has 1 aliphatic rings. The van der Waals surface area contributed by atoms with Crippen LogP contribution in [0.3, 0.4) is 0 Å². The van der Waals surface area contributed by atoms with Crippen molar-refractivity contribution in [3.63, 3.8) is 0 Å². The smallest absolute Gasteiger partial charge is 0.104 e. The van der Waals surface area contributed by atoms with Gasteiger partial charge in [-0.3, -0.25) is 4.68 Å². The zero-order valence-electron chi connectivity index (χ0n) is 6.33. The Morgan fingerprint density at radius 1 is 1.64 bits per heavy atom. The van der Waals surface area contributed by atoms with E-state index in [-0.39, 0.29) is 0 Å². The molecule has 11 heavy (non-hydrogen) atoms. The molecule has 1 saturated carbocycles. The van der Waals surface area contributed by atoms with Gasteiger partial charge in [0.05, 0.1) is 6.20 Å². The summed E-state index contributed by atoms with van der Waals surface area (Å²) in [5.74, 6) is 0.881. The van der Waals surface area contributed by atoms with Crippen LogP contribution in [-0.4, -0.2) is 9.78 Å². The normalized spacial score (nSPS) is 18.3.